The van der Waals surface area contributed by atoms with Crippen molar-refractivity contribution in [2.75, 3.05) is 0 Å². The lowest BCUT2D eigenvalue weighted by molar-refractivity contribution is 0.0725. The van der Waals surface area contributed by atoms with E-state index in [-0.39, 0.29) is 11.5 Å². The van der Waals surface area contributed by atoms with Gasteiger partial charge >= 0.3 is 0 Å². The zero-order chi connectivity index (χ0) is 40.6. The molecule has 0 N–H and O–H groups in total. The summed E-state index contributed by atoms with van der Waals surface area (Å²) >= 11 is 0. The van der Waals surface area contributed by atoms with Crippen LogP contribution in [0.5, 0.6) is 0 Å². The van der Waals surface area contributed by atoms with E-state index >= 15 is 0 Å². The van der Waals surface area contributed by atoms with Gasteiger partial charge in [0.15, 0.2) is 5.60 Å². The molecule has 9 rings (SSSR count). The standard InChI is InChI=1S/C53H55N3O/c1-27-15-16-45-40(19-27)41-22-31(5)38(44-24-37(17-18-54-44)52(11,12)13)25-47(41)56(45)46-26-39(30(4)20-32(46)6)51-55-50-42-21-28(2)33(7)35(9)48(42)49-36(10)34(8)29(3)23-43(49)53(50,14)57-51/h15-26,50H,1-14H3/t50-,53+/m1/s1. The van der Waals surface area contributed by atoms with Gasteiger partial charge in [-0.2, -0.15) is 0 Å². The third kappa shape index (κ3) is 5.39. The van der Waals surface area contributed by atoms with Gasteiger partial charge in [-0.05, 0) is 196 Å². The van der Waals surface area contributed by atoms with E-state index in [1.165, 1.54) is 94.2 Å². The lowest BCUT2D eigenvalue weighted by Crippen LogP contribution is -2.34. The van der Waals surface area contributed by atoms with E-state index in [1.807, 2.05) is 6.20 Å². The van der Waals surface area contributed by atoms with Crippen LogP contribution in [-0.4, -0.2) is 15.4 Å². The lowest BCUT2D eigenvalue weighted by atomic mass is 9.69. The minimum atomic E-state index is -0.655. The fourth-order valence-electron chi connectivity index (χ4n) is 9.85. The van der Waals surface area contributed by atoms with Gasteiger partial charge in [-0.25, -0.2) is 4.99 Å². The Morgan fingerprint density at radius 1 is 0.614 bits per heavy atom. The van der Waals surface area contributed by atoms with E-state index in [0.717, 1.165) is 33.6 Å². The highest BCUT2D eigenvalue weighted by atomic mass is 16.5. The summed E-state index contributed by atoms with van der Waals surface area (Å²) in [6.07, 6.45) is 1.96. The Bertz CT molecular complexity index is 2930. The smallest absolute Gasteiger partial charge is 0.218 e. The van der Waals surface area contributed by atoms with Gasteiger partial charge in [-0.1, -0.05) is 50.6 Å². The van der Waals surface area contributed by atoms with Crippen LogP contribution < -0.4 is 0 Å². The van der Waals surface area contributed by atoms with Crippen molar-refractivity contribution in [3.05, 3.63) is 151 Å². The molecule has 1 aliphatic heterocycles. The fraction of sp³-hybridized carbons (Fsp3) is 0.321. The molecule has 5 aromatic carbocycles. The topological polar surface area (TPSA) is 39.4 Å². The number of pyridine rings is 1. The molecule has 57 heavy (non-hydrogen) atoms. The summed E-state index contributed by atoms with van der Waals surface area (Å²) in [5, 5.41) is 2.49. The first kappa shape index (κ1) is 37.1. The van der Waals surface area contributed by atoms with Crippen LogP contribution in [0.1, 0.15) is 112 Å². The average Bonchev–Trinajstić information content (AvgIpc) is 3.67. The van der Waals surface area contributed by atoms with Gasteiger partial charge < -0.3 is 9.30 Å². The van der Waals surface area contributed by atoms with Crippen LogP contribution in [0.15, 0.2) is 77.9 Å². The van der Waals surface area contributed by atoms with E-state index < -0.39 is 5.60 Å². The molecule has 0 saturated heterocycles. The van der Waals surface area contributed by atoms with Gasteiger partial charge in [-0.15, -0.1) is 0 Å². The summed E-state index contributed by atoms with van der Waals surface area (Å²) in [6.45, 7) is 31.4. The molecule has 0 spiro atoms. The summed E-state index contributed by atoms with van der Waals surface area (Å²) in [5.41, 5.74) is 25.2. The number of hydrogen-bond acceptors (Lipinski definition) is 3. The molecule has 0 saturated carbocycles. The highest BCUT2D eigenvalue weighted by Crippen LogP contribution is 2.58. The van der Waals surface area contributed by atoms with Crippen molar-refractivity contribution in [1.29, 1.82) is 0 Å². The number of aromatic nitrogens is 2. The van der Waals surface area contributed by atoms with Crippen molar-refractivity contribution >= 4 is 27.7 Å². The summed E-state index contributed by atoms with van der Waals surface area (Å²) < 4.78 is 9.79. The molecule has 0 radical (unpaired) electrons. The molecule has 4 heteroatoms. The molecule has 7 aromatic rings. The Morgan fingerprint density at radius 2 is 1.28 bits per heavy atom. The molecule has 0 unspecified atom stereocenters. The van der Waals surface area contributed by atoms with Crippen molar-refractivity contribution in [2.45, 2.75) is 114 Å². The molecule has 3 heterocycles. The normalized spacial score (nSPS) is 17.4. The van der Waals surface area contributed by atoms with E-state index in [9.17, 15) is 0 Å². The molecule has 2 aliphatic rings. The number of rotatable bonds is 3. The first-order valence-corrected chi connectivity index (χ1v) is 20.5. The Labute approximate surface area is 338 Å². The molecule has 0 fully saturated rings. The molecule has 2 aromatic heterocycles. The van der Waals surface area contributed by atoms with Crippen molar-refractivity contribution in [3.8, 4) is 28.1 Å². The minimum absolute atomic E-state index is 0.0223. The van der Waals surface area contributed by atoms with Gasteiger partial charge in [0.05, 0.1) is 16.7 Å². The second-order valence-electron chi connectivity index (χ2n) is 18.5. The maximum absolute atomic E-state index is 7.33. The van der Waals surface area contributed by atoms with Gasteiger partial charge in [0.1, 0.15) is 6.04 Å². The number of hydrogen-bond donors (Lipinski definition) is 0. The van der Waals surface area contributed by atoms with Crippen LogP contribution in [0.2, 0.25) is 0 Å². The summed E-state index contributed by atoms with van der Waals surface area (Å²) in [4.78, 5) is 10.5. The van der Waals surface area contributed by atoms with Crippen LogP contribution in [0.3, 0.4) is 0 Å². The lowest BCUT2D eigenvalue weighted by Gasteiger charge is -2.40. The second-order valence-corrected chi connectivity index (χ2v) is 18.5. The number of benzene rings is 5. The molecular weight excluding hydrogens is 695 g/mol. The molecule has 2 atom stereocenters. The Hall–Kier alpha value is -5.48. The van der Waals surface area contributed by atoms with Gasteiger partial charge in [-0.3, -0.25) is 4.98 Å². The summed E-state index contributed by atoms with van der Waals surface area (Å²) in [5.74, 6) is 0.711. The third-order valence-electron chi connectivity index (χ3n) is 13.7. The Balaban J connectivity index is 1.27. The maximum atomic E-state index is 7.33. The largest absolute Gasteiger partial charge is 0.464 e. The molecular formula is C53H55N3O. The highest BCUT2D eigenvalue weighted by Gasteiger charge is 2.51. The monoisotopic (exact) mass is 749 g/mol. The summed E-state index contributed by atoms with van der Waals surface area (Å²) in [7, 11) is 0. The first-order valence-electron chi connectivity index (χ1n) is 20.5. The molecule has 1 aliphatic carbocycles. The molecule has 0 bridgehead atoms. The number of aryl methyl sites for hydroxylation is 6. The molecule has 288 valence electrons. The van der Waals surface area contributed by atoms with Crippen LogP contribution >= 0.6 is 0 Å². The van der Waals surface area contributed by atoms with Crippen molar-refractivity contribution < 1.29 is 4.74 Å². The number of fused-ring (bicyclic) bond motifs is 9. The van der Waals surface area contributed by atoms with Gasteiger partial charge in [0.2, 0.25) is 5.90 Å². The first-order chi connectivity index (χ1) is 26.9. The fourth-order valence-corrected chi connectivity index (χ4v) is 9.85. The maximum Gasteiger partial charge on any atom is 0.218 e. The zero-order valence-corrected chi connectivity index (χ0v) is 36.3. The Morgan fingerprint density at radius 3 is 2.00 bits per heavy atom. The van der Waals surface area contributed by atoms with Crippen LogP contribution in [0.4, 0.5) is 0 Å². The van der Waals surface area contributed by atoms with Gasteiger partial charge in [0.25, 0.3) is 0 Å². The predicted octanol–water partition coefficient (Wildman–Crippen LogP) is 13.6. The van der Waals surface area contributed by atoms with E-state index in [1.54, 1.807) is 0 Å². The predicted molar refractivity (Wildman–Crippen MR) is 240 cm³/mol. The van der Waals surface area contributed by atoms with Gasteiger partial charge in [0, 0.05) is 39.3 Å². The van der Waals surface area contributed by atoms with Crippen molar-refractivity contribution in [1.82, 2.24) is 9.55 Å². The highest BCUT2D eigenvalue weighted by molar-refractivity contribution is 6.11. The van der Waals surface area contributed by atoms with Crippen molar-refractivity contribution in [2.24, 2.45) is 4.99 Å². The van der Waals surface area contributed by atoms with Crippen LogP contribution in [0.25, 0.3) is 49.9 Å². The SMILES string of the molecule is Cc1ccc2c(c1)c1cc(C)c(-c3cc(C(C)(C)C)ccn3)cc1n2-c1cc(C2=N[C@@H]3c4cc(C)c(C)c(C)c4-c4c(cc(C)c(C)c4C)[C@]3(C)O2)c(C)cc1C. The number of ether oxygens (including phenoxy) is 1. The summed E-state index contributed by atoms with van der Waals surface area (Å²) in [6, 6.07) is 25.2. The molecule has 0 amide bonds. The Kier molecular flexibility index (Phi) is 8.15. The van der Waals surface area contributed by atoms with E-state index in [0.29, 0.717) is 5.90 Å². The zero-order valence-electron chi connectivity index (χ0n) is 36.3. The molecule has 4 nitrogen and oxygen atoms in total. The number of nitrogens with zero attached hydrogens (tertiary/aromatic N) is 3. The van der Waals surface area contributed by atoms with E-state index in [4.69, 9.17) is 14.7 Å². The third-order valence-corrected chi connectivity index (χ3v) is 13.7. The quantitative estimate of drug-likeness (QED) is 0.180. The van der Waals surface area contributed by atoms with Crippen LogP contribution in [-0.2, 0) is 15.8 Å². The second kappa shape index (κ2) is 12.5. The van der Waals surface area contributed by atoms with E-state index in [2.05, 4.69) is 168 Å². The minimum Gasteiger partial charge on any atom is -0.464 e. The average molecular weight is 750 g/mol. The van der Waals surface area contributed by atoms with Crippen LogP contribution in [0, 0.1) is 69.2 Å². The van der Waals surface area contributed by atoms with Crippen molar-refractivity contribution in [3.63, 3.8) is 0 Å². The number of aliphatic imine (C=N–C) groups is 1.